The van der Waals surface area contributed by atoms with Crippen LogP contribution in [0.5, 0.6) is 0 Å². The number of hydrogen-bond donors (Lipinski definition) is 1. The average molecular weight is 265 g/mol. The molecule has 0 atom stereocenters. The van der Waals surface area contributed by atoms with Crippen molar-refractivity contribution < 1.29 is 9.53 Å². The lowest BCUT2D eigenvalue weighted by Gasteiger charge is -2.02. The third kappa shape index (κ3) is 2.31. The second kappa shape index (κ2) is 5.35. The number of carbonyl (C=O) groups excluding carboxylic acids is 1. The summed E-state index contributed by atoms with van der Waals surface area (Å²) in [6, 6.07) is 1.62. The van der Waals surface area contributed by atoms with E-state index in [1.54, 1.807) is 11.4 Å². The van der Waals surface area contributed by atoms with E-state index in [4.69, 9.17) is 4.74 Å². The highest BCUT2D eigenvalue weighted by molar-refractivity contribution is 7.17. The van der Waals surface area contributed by atoms with E-state index in [0.29, 0.717) is 11.1 Å². The fourth-order valence-electron chi connectivity index (χ4n) is 1.91. The van der Waals surface area contributed by atoms with Crippen LogP contribution < -0.4 is 5.56 Å². The van der Waals surface area contributed by atoms with Crippen molar-refractivity contribution in [2.24, 2.45) is 0 Å². The molecule has 0 aliphatic carbocycles. The Morgan fingerprint density at radius 1 is 1.50 bits per heavy atom. The molecule has 0 fully saturated rings. The molecule has 0 spiro atoms. The van der Waals surface area contributed by atoms with Crippen LogP contribution in [0.3, 0.4) is 0 Å². The molecule has 18 heavy (non-hydrogen) atoms. The van der Waals surface area contributed by atoms with Crippen LogP contribution in [0.25, 0.3) is 10.2 Å². The standard InChI is InChI=1S/C13H15NO3S/c1-3-4-5-8-6-10(15)14-11-9(13(16)17-2)7-18-12(8)11/h6-7H,3-5H2,1-2H3,(H,14,15). The van der Waals surface area contributed by atoms with E-state index < -0.39 is 5.97 Å². The molecule has 2 aromatic rings. The van der Waals surface area contributed by atoms with E-state index >= 15 is 0 Å². The molecule has 0 bridgehead atoms. The minimum atomic E-state index is -0.412. The number of H-pyrrole nitrogens is 1. The minimum Gasteiger partial charge on any atom is -0.465 e. The number of esters is 1. The normalized spacial score (nSPS) is 10.8. The molecule has 2 aromatic heterocycles. The van der Waals surface area contributed by atoms with Crippen LogP contribution in [0.4, 0.5) is 0 Å². The molecular weight excluding hydrogens is 250 g/mol. The Balaban J connectivity index is 2.57. The van der Waals surface area contributed by atoms with Crippen LogP contribution in [0.2, 0.25) is 0 Å². The number of aromatic nitrogens is 1. The van der Waals surface area contributed by atoms with Gasteiger partial charge in [-0.1, -0.05) is 13.3 Å². The molecule has 0 aliphatic heterocycles. The van der Waals surface area contributed by atoms with Gasteiger partial charge < -0.3 is 9.72 Å². The second-order valence-corrected chi connectivity index (χ2v) is 4.99. The second-order valence-electron chi connectivity index (χ2n) is 4.11. The number of fused-ring (bicyclic) bond motifs is 1. The van der Waals surface area contributed by atoms with Gasteiger partial charge in [0.05, 0.1) is 22.9 Å². The molecule has 0 amide bonds. The van der Waals surface area contributed by atoms with E-state index in [1.165, 1.54) is 18.4 Å². The zero-order valence-corrected chi connectivity index (χ0v) is 11.2. The summed E-state index contributed by atoms with van der Waals surface area (Å²) in [6.07, 6.45) is 2.96. The first-order valence-corrected chi connectivity index (χ1v) is 6.77. The lowest BCUT2D eigenvalue weighted by Crippen LogP contribution is -2.08. The number of pyridine rings is 1. The molecule has 0 radical (unpaired) electrons. The smallest absolute Gasteiger partial charge is 0.340 e. The monoisotopic (exact) mass is 265 g/mol. The lowest BCUT2D eigenvalue weighted by molar-refractivity contribution is 0.0603. The number of carbonyl (C=O) groups is 1. The number of ether oxygens (including phenoxy) is 1. The predicted octanol–water partition coefficient (Wildman–Crippen LogP) is 2.72. The number of hydrogen-bond acceptors (Lipinski definition) is 4. The molecule has 2 heterocycles. The zero-order chi connectivity index (χ0) is 13.1. The number of aromatic amines is 1. The Hall–Kier alpha value is -1.62. The summed E-state index contributed by atoms with van der Waals surface area (Å²) in [6.45, 7) is 2.11. The summed E-state index contributed by atoms with van der Waals surface area (Å²) in [4.78, 5) is 25.9. The van der Waals surface area contributed by atoms with Gasteiger partial charge in [-0.05, 0) is 18.4 Å². The fraction of sp³-hybridized carbons (Fsp3) is 0.385. The predicted molar refractivity (Wildman–Crippen MR) is 72.4 cm³/mol. The number of unbranched alkanes of at least 4 members (excludes halogenated alkanes) is 1. The average Bonchev–Trinajstić information content (AvgIpc) is 2.78. The van der Waals surface area contributed by atoms with Gasteiger partial charge in [0.15, 0.2) is 0 Å². The molecule has 4 nitrogen and oxygen atoms in total. The number of methoxy groups -OCH3 is 1. The van der Waals surface area contributed by atoms with Crippen molar-refractivity contribution in [1.29, 1.82) is 0 Å². The SMILES string of the molecule is CCCCc1cc(=O)[nH]c2c(C(=O)OC)csc12. The molecule has 5 heteroatoms. The van der Waals surface area contributed by atoms with E-state index in [2.05, 4.69) is 11.9 Å². The van der Waals surface area contributed by atoms with Gasteiger partial charge in [0.2, 0.25) is 5.56 Å². The number of nitrogens with one attached hydrogen (secondary N) is 1. The lowest BCUT2D eigenvalue weighted by atomic mass is 10.1. The van der Waals surface area contributed by atoms with Crippen molar-refractivity contribution in [2.45, 2.75) is 26.2 Å². The first-order valence-electron chi connectivity index (χ1n) is 5.89. The summed E-state index contributed by atoms with van der Waals surface area (Å²) in [7, 11) is 1.34. The molecule has 96 valence electrons. The number of aryl methyl sites for hydroxylation is 1. The maximum Gasteiger partial charge on any atom is 0.340 e. The zero-order valence-electron chi connectivity index (χ0n) is 10.4. The largest absolute Gasteiger partial charge is 0.465 e. The third-order valence-electron chi connectivity index (χ3n) is 2.84. The first-order chi connectivity index (χ1) is 8.67. The maximum absolute atomic E-state index is 11.6. The van der Waals surface area contributed by atoms with E-state index in [0.717, 1.165) is 29.5 Å². The highest BCUT2D eigenvalue weighted by Gasteiger charge is 2.15. The fourth-order valence-corrected chi connectivity index (χ4v) is 2.96. The van der Waals surface area contributed by atoms with Gasteiger partial charge in [-0.3, -0.25) is 4.79 Å². The number of rotatable bonds is 4. The van der Waals surface area contributed by atoms with Gasteiger partial charge in [0.1, 0.15) is 0 Å². The Bertz CT molecular complexity index is 627. The Labute approximate surface area is 109 Å². The molecule has 2 rings (SSSR count). The summed E-state index contributed by atoms with van der Waals surface area (Å²) < 4.78 is 5.68. The highest BCUT2D eigenvalue weighted by atomic mass is 32.1. The summed E-state index contributed by atoms with van der Waals surface area (Å²) in [5.41, 5.74) is 1.88. The van der Waals surface area contributed by atoms with E-state index in [1.807, 2.05) is 0 Å². The summed E-state index contributed by atoms with van der Waals surface area (Å²) in [5, 5.41) is 1.74. The van der Waals surface area contributed by atoms with Crippen molar-refractivity contribution in [3.8, 4) is 0 Å². The van der Waals surface area contributed by atoms with Crippen molar-refractivity contribution in [2.75, 3.05) is 7.11 Å². The van der Waals surface area contributed by atoms with Crippen LogP contribution in [0.15, 0.2) is 16.2 Å². The van der Waals surface area contributed by atoms with Crippen LogP contribution in [-0.4, -0.2) is 18.1 Å². The molecule has 0 unspecified atom stereocenters. The van der Waals surface area contributed by atoms with Crippen molar-refractivity contribution in [3.63, 3.8) is 0 Å². The van der Waals surface area contributed by atoms with Gasteiger partial charge in [0, 0.05) is 11.4 Å². The quantitative estimate of drug-likeness (QED) is 0.865. The van der Waals surface area contributed by atoms with Gasteiger partial charge in [0.25, 0.3) is 0 Å². The Morgan fingerprint density at radius 2 is 2.28 bits per heavy atom. The molecule has 1 N–H and O–H groups in total. The highest BCUT2D eigenvalue weighted by Crippen LogP contribution is 2.27. The van der Waals surface area contributed by atoms with E-state index in [9.17, 15) is 9.59 Å². The van der Waals surface area contributed by atoms with Gasteiger partial charge >= 0.3 is 5.97 Å². The molecular formula is C13H15NO3S. The van der Waals surface area contributed by atoms with Gasteiger partial charge in [-0.25, -0.2) is 4.79 Å². The Morgan fingerprint density at radius 3 is 2.94 bits per heavy atom. The maximum atomic E-state index is 11.6. The summed E-state index contributed by atoms with van der Waals surface area (Å²) >= 11 is 1.47. The van der Waals surface area contributed by atoms with Crippen molar-refractivity contribution >= 4 is 27.5 Å². The van der Waals surface area contributed by atoms with Gasteiger partial charge in [-0.15, -0.1) is 11.3 Å². The molecule has 0 saturated carbocycles. The van der Waals surface area contributed by atoms with Crippen LogP contribution in [-0.2, 0) is 11.2 Å². The minimum absolute atomic E-state index is 0.169. The number of thiophene rings is 1. The molecule has 0 saturated heterocycles. The molecule has 0 aromatic carbocycles. The van der Waals surface area contributed by atoms with Crippen molar-refractivity contribution in [3.05, 3.63) is 32.9 Å². The molecule has 0 aliphatic rings. The van der Waals surface area contributed by atoms with Gasteiger partial charge in [-0.2, -0.15) is 0 Å². The van der Waals surface area contributed by atoms with E-state index in [-0.39, 0.29) is 5.56 Å². The summed E-state index contributed by atoms with van der Waals surface area (Å²) in [5.74, 6) is -0.412. The van der Waals surface area contributed by atoms with Crippen LogP contribution >= 0.6 is 11.3 Å². The van der Waals surface area contributed by atoms with Crippen LogP contribution in [0, 0.1) is 0 Å². The topological polar surface area (TPSA) is 59.2 Å². The van der Waals surface area contributed by atoms with Crippen molar-refractivity contribution in [1.82, 2.24) is 4.98 Å². The third-order valence-corrected chi connectivity index (χ3v) is 3.90. The van der Waals surface area contributed by atoms with Crippen LogP contribution in [0.1, 0.15) is 35.7 Å². The first kappa shape index (κ1) is 12.8. The Kier molecular flexibility index (Phi) is 3.81.